The monoisotopic (exact) mass is 543 g/mol. The van der Waals surface area contributed by atoms with Crippen molar-refractivity contribution in [2.75, 3.05) is 26.7 Å². The second-order valence-electron chi connectivity index (χ2n) is 10.2. The van der Waals surface area contributed by atoms with Crippen LogP contribution in [0.25, 0.3) is 22.6 Å². The Kier molecular flexibility index (Phi) is 7.22. The molecule has 0 aliphatic carbocycles. The van der Waals surface area contributed by atoms with Crippen LogP contribution in [0.1, 0.15) is 17.7 Å². The van der Waals surface area contributed by atoms with E-state index in [0.29, 0.717) is 13.0 Å². The molecule has 2 bridgehead atoms. The number of H-pyrrole nitrogens is 1. The van der Waals surface area contributed by atoms with Crippen molar-refractivity contribution < 1.29 is 13.2 Å². The number of hydrogen-bond donors (Lipinski definition) is 2. The highest BCUT2D eigenvalue weighted by molar-refractivity contribution is 7.87. The Bertz CT molecular complexity index is 1510. The van der Waals surface area contributed by atoms with Gasteiger partial charge >= 0.3 is 0 Å². The summed E-state index contributed by atoms with van der Waals surface area (Å²) in [6.45, 7) is 2.43. The summed E-state index contributed by atoms with van der Waals surface area (Å²) in [5, 5.41) is 0. The fourth-order valence-electron chi connectivity index (χ4n) is 5.72. The zero-order valence-corrected chi connectivity index (χ0v) is 22.8. The number of nitrogens with zero attached hydrogens (tertiary/aromatic N) is 3. The largest absolute Gasteiger partial charge is 0.497 e. The van der Waals surface area contributed by atoms with E-state index in [-0.39, 0.29) is 18.6 Å². The smallest absolute Gasteiger partial charge is 0.279 e. The lowest BCUT2D eigenvalue weighted by molar-refractivity contribution is 0.174. The van der Waals surface area contributed by atoms with E-state index < -0.39 is 10.2 Å². The number of imidazole rings is 1. The molecule has 0 spiro atoms. The number of aromatic nitrogens is 2. The molecule has 0 radical (unpaired) electrons. The van der Waals surface area contributed by atoms with Gasteiger partial charge in [-0.25, -0.2) is 9.71 Å². The number of hydrogen-bond acceptors (Lipinski definition) is 5. The Morgan fingerprint density at radius 2 is 1.64 bits per heavy atom. The van der Waals surface area contributed by atoms with Crippen LogP contribution in [-0.2, 0) is 23.2 Å². The van der Waals surface area contributed by atoms with Gasteiger partial charge in [-0.2, -0.15) is 12.7 Å². The third-order valence-electron chi connectivity index (χ3n) is 7.69. The molecule has 39 heavy (non-hydrogen) atoms. The predicted octanol–water partition coefficient (Wildman–Crippen LogP) is 4.09. The molecule has 6 rings (SSSR count). The summed E-state index contributed by atoms with van der Waals surface area (Å²) in [6, 6.07) is 28.4. The van der Waals surface area contributed by atoms with E-state index in [2.05, 4.69) is 26.7 Å². The van der Waals surface area contributed by atoms with Crippen molar-refractivity contribution in [3.8, 4) is 28.4 Å². The first kappa shape index (κ1) is 25.8. The van der Waals surface area contributed by atoms with E-state index in [9.17, 15) is 8.42 Å². The molecule has 2 N–H and O–H groups in total. The van der Waals surface area contributed by atoms with Crippen LogP contribution < -0.4 is 9.46 Å². The van der Waals surface area contributed by atoms with Crippen molar-refractivity contribution >= 4 is 10.2 Å². The number of rotatable bonds is 10. The maximum atomic E-state index is 13.3. The minimum atomic E-state index is -3.59. The first-order valence-corrected chi connectivity index (χ1v) is 14.8. The summed E-state index contributed by atoms with van der Waals surface area (Å²) in [5.74, 6) is 1.53. The molecule has 1 aromatic heterocycles. The zero-order chi connectivity index (χ0) is 26.8. The van der Waals surface area contributed by atoms with E-state index in [0.717, 1.165) is 53.6 Å². The number of aromatic amines is 1. The van der Waals surface area contributed by atoms with Gasteiger partial charge in [0.2, 0.25) is 0 Å². The van der Waals surface area contributed by atoms with Crippen molar-refractivity contribution in [2.24, 2.45) is 0 Å². The van der Waals surface area contributed by atoms with Crippen LogP contribution in [0.2, 0.25) is 0 Å². The molecule has 3 aromatic carbocycles. The van der Waals surface area contributed by atoms with E-state index in [4.69, 9.17) is 9.72 Å². The molecule has 9 heteroatoms. The van der Waals surface area contributed by atoms with Gasteiger partial charge in [-0.15, -0.1) is 0 Å². The average molecular weight is 544 g/mol. The minimum Gasteiger partial charge on any atom is -0.497 e. The molecule has 2 aliphatic rings. The summed E-state index contributed by atoms with van der Waals surface area (Å²) >= 11 is 0. The van der Waals surface area contributed by atoms with Crippen molar-refractivity contribution in [1.29, 1.82) is 0 Å². The topological polar surface area (TPSA) is 90.6 Å². The van der Waals surface area contributed by atoms with Crippen molar-refractivity contribution in [3.63, 3.8) is 0 Å². The average Bonchev–Trinajstić information content (AvgIpc) is 3.69. The molecular weight excluding hydrogens is 510 g/mol. The summed E-state index contributed by atoms with van der Waals surface area (Å²) in [4.78, 5) is 10.7. The van der Waals surface area contributed by atoms with E-state index in [1.807, 2.05) is 72.8 Å². The number of piperazine rings is 1. The standard InChI is InChI=1S/C30H33N5O3S/c1-38-27-14-12-23(13-15-27)29-28(32-30(33-29)24-10-6-3-7-11-24)16-17-31-39(36,37)35-21-25-18-26(35)20-34(25)19-22-8-4-2-5-9-22/h2-15,25-26,31H,16-21H2,1H3,(H,32,33). The maximum absolute atomic E-state index is 13.3. The van der Waals surface area contributed by atoms with E-state index >= 15 is 0 Å². The molecule has 0 saturated carbocycles. The lowest BCUT2D eigenvalue weighted by atomic mass is 10.1. The van der Waals surface area contributed by atoms with Crippen LogP contribution in [0.5, 0.6) is 5.75 Å². The molecule has 2 atom stereocenters. The quantitative estimate of drug-likeness (QED) is 0.315. The molecule has 3 heterocycles. The van der Waals surface area contributed by atoms with Crippen LogP contribution in [0.15, 0.2) is 84.9 Å². The number of fused-ring (bicyclic) bond motifs is 2. The number of ether oxygens (including phenoxy) is 1. The van der Waals surface area contributed by atoms with Crippen molar-refractivity contribution in [1.82, 2.24) is 23.9 Å². The highest BCUT2D eigenvalue weighted by Crippen LogP contribution is 2.33. The highest BCUT2D eigenvalue weighted by atomic mass is 32.2. The molecule has 2 saturated heterocycles. The Hall–Kier alpha value is -3.50. The van der Waals surface area contributed by atoms with E-state index in [1.165, 1.54) is 5.56 Å². The molecule has 8 nitrogen and oxygen atoms in total. The Labute approximate surface area is 229 Å². The van der Waals surface area contributed by atoms with Crippen molar-refractivity contribution in [3.05, 3.63) is 96.2 Å². The van der Waals surface area contributed by atoms with Gasteiger partial charge in [0.05, 0.1) is 18.5 Å². The van der Waals surface area contributed by atoms with Crippen LogP contribution in [0, 0.1) is 0 Å². The first-order valence-electron chi connectivity index (χ1n) is 13.3. The first-order chi connectivity index (χ1) is 19.0. The molecule has 2 fully saturated rings. The number of methoxy groups -OCH3 is 1. The van der Waals surface area contributed by atoms with Gasteiger partial charge < -0.3 is 9.72 Å². The summed E-state index contributed by atoms with van der Waals surface area (Å²) < 4.78 is 36.4. The third kappa shape index (κ3) is 5.49. The molecule has 2 aliphatic heterocycles. The summed E-state index contributed by atoms with van der Waals surface area (Å²) in [5.41, 5.74) is 4.91. The fourth-order valence-corrected chi connectivity index (χ4v) is 7.16. The number of likely N-dealkylation sites (tertiary alicyclic amines) is 1. The summed E-state index contributed by atoms with van der Waals surface area (Å²) in [7, 11) is -1.94. The SMILES string of the molecule is COc1ccc(-c2[nH]c(-c3ccccc3)nc2CCNS(=O)(=O)N2CC3CC2CN3Cc2ccccc2)cc1. The minimum absolute atomic E-state index is 0.0149. The van der Waals surface area contributed by atoms with Gasteiger partial charge in [-0.05, 0) is 36.2 Å². The van der Waals surface area contributed by atoms with Gasteiger partial charge in [0.25, 0.3) is 10.2 Å². The van der Waals surface area contributed by atoms with Crippen molar-refractivity contribution in [2.45, 2.75) is 31.5 Å². The summed E-state index contributed by atoms with van der Waals surface area (Å²) in [6.07, 6.45) is 1.35. The normalized spacial score (nSPS) is 19.5. The van der Waals surface area contributed by atoms with Gasteiger partial charge in [0.1, 0.15) is 11.6 Å². The molecule has 0 amide bonds. The van der Waals surface area contributed by atoms with Gasteiger partial charge in [0, 0.05) is 55.8 Å². The number of nitrogens with one attached hydrogen (secondary N) is 2. The Morgan fingerprint density at radius 3 is 2.31 bits per heavy atom. The van der Waals surface area contributed by atoms with Gasteiger partial charge in [0.15, 0.2) is 0 Å². The number of benzene rings is 3. The Balaban J connectivity index is 1.13. The van der Waals surface area contributed by atoms with Crippen LogP contribution in [0.3, 0.4) is 0 Å². The second-order valence-corrected chi connectivity index (χ2v) is 11.9. The molecule has 2 unspecified atom stereocenters. The predicted molar refractivity (Wildman–Crippen MR) is 152 cm³/mol. The van der Waals surface area contributed by atoms with Gasteiger partial charge in [-0.3, -0.25) is 4.90 Å². The van der Waals surface area contributed by atoms with E-state index in [1.54, 1.807) is 11.4 Å². The zero-order valence-electron chi connectivity index (χ0n) is 22.0. The molecular formula is C30H33N5O3S. The van der Waals surface area contributed by atoms with Crippen LogP contribution >= 0.6 is 0 Å². The highest BCUT2D eigenvalue weighted by Gasteiger charge is 2.47. The molecule has 202 valence electrons. The lowest BCUT2D eigenvalue weighted by Gasteiger charge is -2.33. The Morgan fingerprint density at radius 1 is 0.923 bits per heavy atom. The fraction of sp³-hybridized carbons (Fsp3) is 0.300. The maximum Gasteiger partial charge on any atom is 0.279 e. The van der Waals surface area contributed by atoms with Crippen LogP contribution in [0.4, 0.5) is 0 Å². The molecule has 4 aromatic rings. The third-order valence-corrected chi connectivity index (χ3v) is 9.33. The van der Waals surface area contributed by atoms with Gasteiger partial charge in [-0.1, -0.05) is 60.7 Å². The lowest BCUT2D eigenvalue weighted by Crippen LogP contribution is -2.52. The second kappa shape index (κ2) is 10.9. The van der Waals surface area contributed by atoms with Crippen LogP contribution in [-0.4, -0.2) is 66.4 Å².